The van der Waals surface area contributed by atoms with Crippen LogP contribution in [0.1, 0.15) is 17.2 Å². The van der Waals surface area contributed by atoms with Crippen LogP contribution in [0.25, 0.3) is 0 Å². The topological polar surface area (TPSA) is 89.4 Å². The fourth-order valence-corrected chi connectivity index (χ4v) is 1.31. The van der Waals surface area contributed by atoms with Crippen LogP contribution in [0.3, 0.4) is 0 Å². The highest BCUT2D eigenvalue weighted by Crippen LogP contribution is 2.34. The van der Waals surface area contributed by atoms with Gasteiger partial charge in [-0.15, -0.1) is 19.0 Å². The zero-order valence-electron chi connectivity index (χ0n) is 8.71. The number of benzene rings is 1. The Morgan fingerprint density at radius 1 is 1.62 bits per heavy atom. The quantitative estimate of drug-likeness (QED) is 0.485. The van der Waals surface area contributed by atoms with Gasteiger partial charge in [-0.2, -0.15) is 0 Å². The molecule has 1 atom stereocenters. The summed E-state index contributed by atoms with van der Waals surface area (Å²) in [5.74, 6) is -0.142. The number of aryl methyl sites for hydroxylation is 1. The Hall–Kier alpha value is -1.59. The van der Waals surface area contributed by atoms with Gasteiger partial charge in [0.2, 0.25) is 0 Å². The molecule has 0 unspecified atom stereocenters. The number of halogens is 1. The predicted octanol–water partition coefficient (Wildman–Crippen LogP) is 2.22. The number of nitrogens with zero attached hydrogens (tertiary/aromatic N) is 1. The summed E-state index contributed by atoms with van der Waals surface area (Å²) in [5, 5.41) is 20.4. The highest BCUT2D eigenvalue weighted by atomic mass is 35.5. The Labute approximate surface area is 99.1 Å². The molecule has 0 aliphatic rings. The minimum atomic E-state index is -0.745. The third-order valence-corrected chi connectivity index (χ3v) is 2.18. The molecule has 0 aliphatic heterocycles. The van der Waals surface area contributed by atoms with E-state index < -0.39 is 11.0 Å². The normalized spacial score (nSPS) is 11.4. The fraction of sp³-hybridized carbons (Fsp3) is 0.200. The van der Waals surface area contributed by atoms with Gasteiger partial charge in [0.1, 0.15) is 5.75 Å². The van der Waals surface area contributed by atoms with E-state index >= 15 is 0 Å². The molecule has 1 aromatic rings. The molecule has 1 aromatic carbocycles. The molecular weight excluding hydrogens is 232 g/mol. The number of hydrogen-bond acceptors (Lipinski definition) is 4. The van der Waals surface area contributed by atoms with Crippen molar-refractivity contribution in [1.82, 2.24) is 0 Å². The van der Waals surface area contributed by atoms with Crippen LogP contribution in [-0.4, -0.2) is 10.0 Å². The van der Waals surface area contributed by atoms with E-state index in [9.17, 15) is 15.2 Å². The summed E-state index contributed by atoms with van der Waals surface area (Å²) in [5.41, 5.74) is 6.09. The summed E-state index contributed by atoms with van der Waals surface area (Å²) >= 11 is 0. The molecule has 0 amide bonds. The number of phenolic OH excluding ortho intramolecular Hbond substituents is 1. The molecule has 88 valence electrons. The summed E-state index contributed by atoms with van der Waals surface area (Å²) in [6, 6.07) is 2.06. The summed E-state index contributed by atoms with van der Waals surface area (Å²) in [6.45, 7) is 5.10. The van der Waals surface area contributed by atoms with Gasteiger partial charge >= 0.3 is 0 Å². The van der Waals surface area contributed by atoms with Gasteiger partial charge in [0.15, 0.2) is 0 Å². The molecule has 6 heteroatoms. The Kier molecular flexibility index (Phi) is 4.94. The molecular formula is C10H13ClN2O3. The molecule has 0 radical (unpaired) electrons. The molecule has 0 bridgehead atoms. The van der Waals surface area contributed by atoms with E-state index in [1.165, 1.54) is 18.2 Å². The standard InChI is InChI=1S/C10H12N2O3.ClH/c1-3-7(11)9-8(12(14)15)5-4-6(2)10(9)13;/h3-5,7,13H,1,11H2,2H3;1H/t7-;/m1./s1. The summed E-state index contributed by atoms with van der Waals surface area (Å²) in [7, 11) is 0. The van der Waals surface area contributed by atoms with E-state index in [2.05, 4.69) is 6.58 Å². The summed E-state index contributed by atoms with van der Waals surface area (Å²) < 4.78 is 0. The number of nitro groups is 1. The van der Waals surface area contributed by atoms with E-state index in [1.54, 1.807) is 6.92 Å². The Bertz CT molecular complexity index is 421. The third-order valence-electron chi connectivity index (χ3n) is 2.18. The second-order valence-electron chi connectivity index (χ2n) is 3.18. The lowest BCUT2D eigenvalue weighted by Crippen LogP contribution is -2.10. The van der Waals surface area contributed by atoms with Crippen LogP contribution in [0.2, 0.25) is 0 Å². The van der Waals surface area contributed by atoms with Crippen LogP contribution >= 0.6 is 12.4 Å². The lowest BCUT2D eigenvalue weighted by atomic mass is 10.0. The molecule has 0 fully saturated rings. The number of nitrogens with two attached hydrogens (primary N) is 1. The molecule has 0 saturated heterocycles. The average molecular weight is 245 g/mol. The van der Waals surface area contributed by atoms with Crippen molar-refractivity contribution in [3.05, 3.63) is 46.0 Å². The lowest BCUT2D eigenvalue weighted by molar-refractivity contribution is -0.385. The zero-order chi connectivity index (χ0) is 11.6. The number of aromatic hydroxyl groups is 1. The van der Waals surface area contributed by atoms with E-state index in [1.807, 2.05) is 0 Å². The number of rotatable bonds is 3. The maximum absolute atomic E-state index is 10.7. The van der Waals surface area contributed by atoms with Crippen LogP contribution in [0.5, 0.6) is 5.75 Å². The Morgan fingerprint density at radius 3 is 2.62 bits per heavy atom. The number of phenols is 1. The van der Waals surface area contributed by atoms with Crippen molar-refractivity contribution >= 4 is 18.1 Å². The van der Waals surface area contributed by atoms with Crippen LogP contribution in [0, 0.1) is 17.0 Å². The van der Waals surface area contributed by atoms with E-state index in [0.717, 1.165) is 0 Å². The molecule has 16 heavy (non-hydrogen) atoms. The van der Waals surface area contributed by atoms with E-state index in [0.29, 0.717) is 5.56 Å². The largest absolute Gasteiger partial charge is 0.507 e. The fourth-order valence-electron chi connectivity index (χ4n) is 1.31. The molecule has 0 spiro atoms. The van der Waals surface area contributed by atoms with Crippen molar-refractivity contribution in [2.24, 2.45) is 5.73 Å². The van der Waals surface area contributed by atoms with Crippen LogP contribution in [0.15, 0.2) is 24.8 Å². The van der Waals surface area contributed by atoms with Crippen molar-refractivity contribution < 1.29 is 10.0 Å². The molecule has 1 rings (SSSR count). The highest BCUT2D eigenvalue weighted by Gasteiger charge is 2.22. The monoisotopic (exact) mass is 244 g/mol. The van der Waals surface area contributed by atoms with E-state index in [-0.39, 0.29) is 29.4 Å². The van der Waals surface area contributed by atoms with Crippen molar-refractivity contribution in [3.8, 4) is 5.75 Å². The first-order valence-corrected chi connectivity index (χ1v) is 4.34. The summed E-state index contributed by atoms with van der Waals surface area (Å²) in [6.07, 6.45) is 1.35. The van der Waals surface area contributed by atoms with Gasteiger partial charge < -0.3 is 10.8 Å². The lowest BCUT2D eigenvalue weighted by Gasteiger charge is -2.11. The minimum absolute atomic E-state index is 0. The first-order chi connectivity index (χ1) is 6.99. The van der Waals surface area contributed by atoms with Gasteiger partial charge in [-0.05, 0) is 18.6 Å². The zero-order valence-corrected chi connectivity index (χ0v) is 9.53. The average Bonchev–Trinajstić information content (AvgIpc) is 2.20. The summed E-state index contributed by atoms with van der Waals surface area (Å²) in [4.78, 5) is 10.1. The molecule has 5 nitrogen and oxygen atoms in total. The Morgan fingerprint density at radius 2 is 2.19 bits per heavy atom. The van der Waals surface area contributed by atoms with Crippen molar-refractivity contribution in [1.29, 1.82) is 0 Å². The SMILES string of the molecule is C=C[C@@H](N)c1c([N+](=O)[O-])ccc(C)c1O.Cl. The number of hydrogen-bond donors (Lipinski definition) is 2. The van der Waals surface area contributed by atoms with Gasteiger partial charge in [-0.1, -0.05) is 6.08 Å². The van der Waals surface area contributed by atoms with Gasteiger partial charge in [0, 0.05) is 6.07 Å². The molecule has 0 aromatic heterocycles. The second-order valence-corrected chi connectivity index (χ2v) is 3.18. The predicted molar refractivity (Wildman–Crippen MR) is 63.9 cm³/mol. The first-order valence-electron chi connectivity index (χ1n) is 4.34. The van der Waals surface area contributed by atoms with Crippen molar-refractivity contribution in [2.45, 2.75) is 13.0 Å². The molecule has 3 N–H and O–H groups in total. The highest BCUT2D eigenvalue weighted by molar-refractivity contribution is 5.85. The minimum Gasteiger partial charge on any atom is -0.507 e. The van der Waals surface area contributed by atoms with Gasteiger partial charge in [-0.3, -0.25) is 10.1 Å². The maximum Gasteiger partial charge on any atom is 0.278 e. The maximum atomic E-state index is 10.7. The van der Waals surface area contributed by atoms with Gasteiger partial charge in [0.25, 0.3) is 5.69 Å². The molecule has 0 aliphatic carbocycles. The van der Waals surface area contributed by atoms with Crippen LogP contribution in [-0.2, 0) is 0 Å². The van der Waals surface area contributed by atoms with Crippen LogP contribution < -0.4 is 5.73 Å². The number of nitro benzene ring substituents is 1. The van der Waals surface area contributed by atoms with Gasteiger partial charge in [0.05, 0.1) is 16.5 Å². The van der Waals surface area contributed by atoms with Crippen LogP contribution in [0.4, 0.5) is 5.69 Å². The van der Waals surface area contributed by atoms with Gasteiger partial charge in [-0.25, -0.2) is 0 Å². The second kappa shape index (κ2) is 5.48. The third kappa shape index (κ3) is 2.50. The smallest absolute Gasteiger partial charge is 0.278 e. The molecule has 0 heterocycles. The molecule has 0 saturated carbocycles. The van der Waals surface area contributed by atoms with E-state index in [4.69, 9.17) is 5.73 Å². The van der Waals surface area contributed by atoms with Crippen molar-refractivity contribution in [2.75, 3.05) is 0 Å². The first kappa shape index (κ1) is 14.4. The Balaban J connectivity index is 0.00000225. The van der Waals surface area contributed by atoms with Crippen molar-refractivity contribution in [3.63, 3.8) is 0 Å².